The fraction of sp³-hybridized carbons (Fsp3) is 0.258. The van der Waals surface area contributed by atoms with Crippen LogP contribution in [0.25, 0.3) is 11.1 Å². The number of carbonyl (C=O) groups excluding carboxylic acids is 2. The van der Waals surface area contributed by atoms with Crippen LogP contribution in [0.4, 0.5) is 11.5 Å². The molecule has 1 aliphatic heterocycles. The van der Waals surface area contributed by atoms with Gasteiger partial charge in [0.15, 0.2) is 0 Å². The number of hydrogen-bond donors (Lipinski definition) is 2. The maximum absolute atomic E-state index is 13.5. The molecule has 43 heavy (non-hydrogen) atoms. The summed E-state index contributed by atoms with van der Waals surface area (Å²) in [4.78, 5) is 57.5. The van der Waals surface area contributed by atoms with E-state index >= 15 is 0 Å². The van der Waals surface area contributed by atoms with Crippen molar-refractivity contribution in [1.29, 1.82) is 0 Å². The Labute approximate surface area is 256 Å². The Kier molecular flexibility index (Phi) is 7.45. The molecule has 1 aliphatic carbocycles. The number of pyridine rings is 1. The summed E-state index contributed by atoms with van der Waals surface area (Å²) in [5.74, 6) is 0.0188. The SMILES string of the molecule is COCC(C)n1c(=O)c(-c2cccc(Cl)c2Cl)cn(CC(=O)Nc2ccc3c(c2)C[C@@]2(C3)C(=O)Nc3ncccc32)c1=O. The molecule has 2 aliphatic rings. The number of nitrogens with zero attached hydrogens (tertiary/aromatic N) is 3. The van der Waals surface area contributed by atoms with Crippen molar-refractivity contribution in [2.24, 2.45) is 0 Å². The van der Waals surface area contributed by atoms with Crippen LogP contribution in [0, 0.1) is 0 Å². The van der Waals surface area contributed by atoms with Crippen molar-refractivity contribution in [2.45, 2.75) is 37.8 Å². The standard InChI is InChI=1S/C31H27Cl2N5O5/c1-17(16-43-2)38-28(40)22(21-5-3-7-24(32)26(21)33)14-37(30(38)42)15-25(39)35-20-9-8-18-12-31(13-19(18)11-20)23-6-4-10-34-27(23)36-29(31)41/h3-11,14,17H,12-13,15-16H2,1-2H3,(H,35,39)(H,34,36,41)/t17?,31-/m1/s1. The van der Waals surface area contributed by atoms with Gasteiger partial charge in [0, 0.05) is 36.3 Å². The van der Waals surface area contributed by atoms with E-state index in [0.29, 0.717) is 29.9 Å². The van der Waals surface area contributed by atoms with Gasteiger partial charge in [0.2, 0.25) is 11.8 Å². The summed E-state index contributed by atoms with van der Waals surface area (Å²) in [6, 6.07) is 13.5. The fourth-order valence-electron chi connectivity index (χ4n) is 6.04. The van der Waals surface area contributed by atoms with E-state index < -0.39 is 28.6 Å². The van der Waals surface area contributed by atoms with Gasteiger partial charge in [0.05, 0.1) is 33.7 Å². The molecule has 1 spiro atoms. The number of benzene rings is 2. The molecule has 2 N–H and O–H groups in total. The fourth-order valence-corrected chi connectivity index (χ4v) is 6.44. The van der Waals surface area contributed by atoms with E-state index in [4.69, 9.17) is 27.9 Å². The van der Waals surface area contributed by atoms with Gasteiger partial charge in [-0.3, -0.25) is 23.5 Å². The molecular formula is C31H27Cl2N5O5. The lowest BCUT2D eigenvalue weighted by molar-refractivity contribution is -0.120. The molecule has 12 heteroatoms. The quantitative estimate of drug-likeness (QED) is 0.319. The van der Waals surface area contributed by atoms with Crippen molar-refractivity contribution in [2.75, 3.05) is 24.4 Å². The van der Waals surface area contributed by atoms with Crippen LogP contribution in [0.3, 0.4) is 0 Å². The van der Waals surface area contributed by atoms with E-state index in [0.717, 1.165) is 21.3 Å². The highest BCUT2D eigenvalue weighted by Gasteiger charge is 2.51. The van der Waals surface area contributed by atoms with Crippen molar-refractivity contribution in [3.63, 3.8) is 0 Å². The molecule has 0 saturated heterocycles. The second-order valence-corrected chi connectivity index (χ2v) is 11.6. The second kappa shape index (κ2) is 11.1. The predicted octanol–water partition coefficient (Wildman–Crippen LogP) is 4.21. The number of fused-ring (bicyclic) bond motifs is 3. The first-order valence-electron chi connectivity index (χ1n) is 13.6. The van der Waals surface area contributed by atoms with Gasteiger partial charge in [-0.2, -0.15) is 0 Å². The maximum Gasteiger partial charge on any atom is 0.331 e. The molecule has 3 heterocycles. The Morgan fingerprint density at radius 2 is 1.88 bits per heavy atom. The Morgan fingerprint density at radius 1 is 1.09 bits per heavy atom. The highest BCUT2D eigenvalue weighted by Crippen LogP contribution is 2.47. The first-order chi connectivity index (χ1) is 20.6. The van der Waals surface area contributed by atoms with E-state index in [-0.39, 0.29) is 34.7 Å². The Hall–Kier alpha value is -4.25. The summed E-state index contributed by atoms with van der Waals surface area (Å²) in [5.41, 5.74) is 1.85. The van der Waals surface area contributed by atoms with Crippen LogP contribution in [-0.4, -0.2) is 39.6 Å². The number of anilines is 2. The van der Waals surface area contributed by atoms with Gasteiger partial charge in [-0.15, -0.1) is 0 Å². The molecule has 220 valence electrons. The van der Waals surface area contributed by atoms with E-state index in [1.807, 2.05) is 24.3 Å². The average Bonchev–Trinajstić information content (AvgIpc) is 3.49. The van der Waals surface area contributed by atoms with Gasteiger partial charge in [0.1, 0.15) is 12.4 Å². The molecule has 2 amide bonds. The molecule has 1 unspecified atom stereocenters. The van der Waals surface area contributed by atoms with E-state index in [1.54, 1.807) is 37.4 Å². The van der Waals surface area contributed by atoms with Crippen LogP contribution < -0.4 is 21.9 Å². The summed E-state index contributed by atoms with van der Waals surface area (Å²) in [7, 11) is 1.47. The smallest absolute Gasteiger partial charge is 0.331 e. The molecule has 10 nitrogen and oxygen atoms in total. The predicted molar refractivity (Wildman–Crippen MR) is 164 cm³/mol. The number of rotatable bonds is 7. The summed E-state index contributed by atoms with van der Waals surface area (Å²) in [5, 5.41) is 6.15. The van der Waals surface area contributed by atoms with Gasteiger partial charge < -0.3 is 15.4 Å². The lowest BCUT2D eigenvalue weighted by Crippen LogP contribution is -2.44. The van der Waals surface area contributed by atoms with E-state index in [1.165, 1.54) is 17.9 Å². The monoisotopic (exact) mass is 619 g/mol. The van der Waals surface area contributed by atoms with E-state index in [9.17, 15) is 19.2 Å². The third-order valence-corrected chi connectivity index (χ3v) is 8.87. The van der Waals surface area contributed by atoms with Crippen molar-refractivity contribution >= 4 is 46.5 Å². The molecule has 0 radical (unpaired) electrons. The van der Waals surface area contributed by atoms with Crippen LogP contribution in [0.5, 0.6) is 0 Å². The molecule has 2 aromatic carbocycles. The molecule has 6 rings (SSSR count). The number of hydrogen-bond acceptors (Lipinski definition) is 6. The molecule has 0 bridgehead atoms. The highest BCUT2D eigenvalue weighted by molar-refractivity contribution is 6.43. The van der Waals surface area contributed by atoms with Crippen LogP contribution in [0.2, 0.25) is 10.0 Å². The summed E-state index contributed by atoms with van der Waals surface area (Å²) in [6.45, 7) is 1.41. The number of amides is 2. The number of ether oxygens (including phenoxy) is 1. The number of halogens is 2. The van der Waals surface area contributed by atoms with Gasteiger partial charge in [-0.05, 0) is 55.2 Å². The first-order valence-corrected chi connectivity index (χ1v) is 14.4. The Balaban J connectivity index is 1.29. The zero-order valence-electron chi connectivity index (χ0n) is 23.3. The first kappa shape index (κ1) is 28.9. The minimum Gasteiger partial charge on any atom is -0.383 e. The third kappa shape index (κ3) is 4.95. The zero-order valence-corrected chi connectivity index (χ0v) is 24.8. The van der Waals surface area contributed by atoms with Crippen LogP contribution in [0.1, 0.15) is 29.7 Å². The van der Waals surface area contributed by atoms with Gasteiger partial charge in [-0.1, -0.05) is 47.5 Å². The summed E-state index contributed by atoms with van der Waals surface area (Å²) >= 11 is 12.6. The lowest BCUT2D eigenvalue weighted by Gasteiger charge is -2.20. The largest absolute Gasteiger partial charge is 0.383 e. The van der Waals surface area contributed by atoms with Crippen molar-refractivity contribution in [3.8, 4) is 11.1 Å². The minimum atomic E-state index is -0.730. The van der Waals surface area contributed by atoms with Crippen LogP contribution in [-0.2, 0) is 39.1 Å². The topological polar surface area (TPSA) is 124 Å². The van der Waals surface area contributed by atoms with Crippen molar-refractivity contribution in [3.05, 3.63) is 108 Å². The Bertz CT molecular complexity index is 1920. The molecule has 0 fully saturated rings. The van der Waals surface area contributed by atoms with Crippen molar-refractivity contribution in [1.82, 2.24) is 14.1 Å². The molecule has 2 atom stereocenters. The van der Waals surface area contributed by atoms with Crippen LogP contribution in [0.15, 0.2) is 70.5 Å². The average molecular weight is 620 g/mol. The zero-order chi connectivity index (χ0) is 30.5. The highest BCUT2D eigenvalue weighted by atomic mass is 35.5. The third-order valence-electron chi connectivity index (χ3n) is 8.05. The number of aromatic nitrogens is 3. The van der Waals surface area contributed by atoms with Gasteiger partial charge in [-0.25, -0.2) is 9.78 Å². The molecule has 4 aromatic rings. The molecule has 2 aromatic heterocycles. The van der Waals surface area contributed by atoms with Crippen molar-refractivity contribution < 1.29 is 14.3 Å². The van der Waals surface area contributed by atoms with E-state index in [2.05, 4.69) is 15.6 Å². The summed E-state index contributed by atoms with van der Waals surface area (Å²) in [6.07, 6.45) is 3.99. The number of nitrogens with one attached hydrogen (secondary N) is 2. The Morgan fingerprint density at radius 3 is 2.67 bits per heavy atom. The number of carbonyl (C=O) groups is 2. The maximum atomic E-state index is 13.5. The minimum absolute atomic E-state index is 0.0872. The van der Waals surface area contributed by atoms with Crippen LogP contribution >= 0.6 is 23.2 Å². The van der Waals surface area contributed by atoms with Gasteiger partial charge in [0.25, 0.3) is 5.56 Å². The second-order valence-electron chi connectivity index (χ2n) is 10.9. The molecular weight excluding hydrogens is 593 g/mol. The lowest BCUT2D eigenvalue weighted by atomic mass is 9.79. The number of methoxy groups -OCH3 is 1. The van der Waals surface area contributed by atoms with Gasteiger partial charge >= 0.3 is 5.69 Å². The normalized spacial score (nSPS) is 17.4. The molecule has 0 saturated carbocycles. The summed E-state index contributed by atoms with van der Waals surface area (Å²) < 4.78 is 7.42.